The van der Waals surface area contributed by atoms with Crippen LogP contribution in [0.2, 0.25) is 0 Å². The number of esters is 1. The number of rotatable bonds is 6. The van der Waals surface area contributed by atoms with Gasteiger partial charge in [0.15, 0.2) is 0 Å². The van der Waals surface area contributed by atoms with E-state index in [0.717, 1.165) is 29.8 Å². The summed E-state index contributed by atoms with van der Waals surface area (Å²) in [7, 11) is 2.04. The minimum Gasteiger partial charge on any atom is -0.463 e. The molecule has 0 bridgehead atoms. The summed E-state index contributed by atoms with van der Waals surface area (Å²) in [5.74, 6) is -0.332. The molecule has 2 heterocycles. The van der Waals surface area contributed by atoms with Gasteiger partial charge in [0.1, 0.15) is 6.23 Å². The molecule has 1 aliphatic rings. The highest BCUT2D eigenvalue weighted by atomic mass is 16.5. The Kier molecular flexibility index (Phi) is 6.30. The van der Waals surface area contributed by atoms with E-state index in [4.69, 9.17) is 9.47 Å². The maximum absolute atomic E-state index is 11.7. The summed E-state index contributed by atoms with van der Waals surface area (Å²) in [6.07, 6.45) is 4.92. The molecule has 1 fully saturated rings. The van der Waals surface area contributed by atoms with Gasteiger partial charge in [-0.05, 0) is 39.5 Å². The number of carbonyl (C=O) groups excluding carboxylic acids is 1. The molecule has 0 radical (unpaired) electrons. The van der Waals surface area contributed by atoms with Crippen molar-refractivity contribution in [2.45, 2.75) is 45.9 Å². The number of hydrogen-bond donors (Lipinski definition) is 0. The summed E-state index contributed by atoms with van der Waals surface area (Å²) in [6.45, 7) is 7.27. The molecule has 0 aliphatic carbocycles. The van der Waals surface area contributed by atoms with Gasteiger partial charge in [-0.1, -0.05) is 19.4 Å². The van der Waals surface area contributed by atoms with E-state index < -0.39 is 0 Å². The zero-order valence-corrected chi connectivity index (χ0v) is 14.4. The fourth-order valence-corrected chi connectivity index (χ4v) is 2.45. The summed E-state index contributed by atoms with van der Waals surface area (Å²) in [5, 5.41) is 0. The Morgan fingerprint density at radius 1 is 1.52 bits per heavy atom. The molecular formula is C18H26N2O3. The summed E-state index contributed by atoms with van der Waals surface area (Å²) in [5.41, 5.74) is 2.63. The van der Waals surface area contributed by atoms with Gasteiger partial charge >= 0.3 is 5.97 Å². The van der Waals surface area contributed by atoms with Gasteiger partial charge in [-0.15, -0.1) is 0 Å². The summed E-state index contributed by atoms with van der Waals surface area (Å²) >= 11 is 0. The molecule has 1 aromatic heterocycles. The van der Waals surface area contributed by atoms with Crippen LogP contribution in [0.3, 0.4) is 0 Å². The van der Waals surface area contributed by atoms with E-state index in [1.54, 1.807) is 6.08 Å². The van der Waals surface area contributed by atoms with Gasteiger partial charge in [-0.3, -0.25) is 9.88 Å². The van der Waals surface area contributed by atoms with Crippen molar-refractivity contribution < 1.29 is 14.3 Å². The van der Waals surface area contributed by atoms with E-state index in [2.05, 4.69) is 23.7 Å². The van der Waals surface area contributed by atoms with E-state index in [-0.39, 0.29) is 12.2 Å². The first kappa shape index (κ1) is 17.6. The van der Waals surface area contributed by atoms with Crippen LogP contribution < -0.4 is 0 Å². The SMILES string of the molecule is CCCCOC(=O)/C=C/c1nc(C)ccc1C1OCC(C)N1C. The first-order valence-corrected chi connectivity index (χ1v) is 8.18. The number of carbonyl (C=O) groups is 1. The monoisotopic (exact) mass is 318 g/mol. The maximum Gasteiger partial charge on any atom is 0.330 e. The average Bonchev–Trinajstić information content (AvgIpc) is 2.85. The van der Waals surface area contributed by atoms with Crippen molar-refractivity contribution in [3.63, 3.8) is 0 Å². The topological polar surface area (TPSA) is 51.7 Å². The highest BCUT2D eigenvalue weighted by molar-refractivity contribution is 5.87. The first-order chi connectivity index (χ1) is 11.0. The summed E-state index contributed by atoms with van der Waals surface area (Å²) < 4.78 is 11.0. The lowest BCUT2D eigenvalue weighted by Gasteiger charge is -2.22. The van der Waals surface area contributed by atoms with Gasteiger partial charge in [0, 0.05) is 23.4 Å². The second-order valence-corrected chi connectivity index (χ2v) is 5.98. The smallest absolute Gasteiger partial charge is 0.330 e. The number of pyridine rings is 1. The van der Waals surface area contributed by atoms with E-state index in [1.165, 1.54) is 6.08 Å². The molecule has 0 amide bonds. The van der Waals surface area contributed by atoms with E-state index in [9.17, 15) is 4.79 Å². The van der Waals surface area contributed by atoms with Crippen molar-refractivity contribution in [1.82, 2.24) is 9.88 Å². The lowest BCUT2D eigenvalue weighted by Crippen LogP contribution is -2.26. The van der Waals surface area contributed by atoms with Crippen LogP contribution in [0.4, 0.5) is 0 Å². The molecule has 1 aromatic rings. The van der Waals surface area contributed by atoms with Crippen LogP contribution in [0.5, 0.6) is 0 Å². The lowest BCUT2D eigenvalue weighted by molar-refractivity contribution is -0.137. The fraction of sp³-hybridized carbons (Fsp3) is 0.556. The summed E-state index contributed by atoms with van der Waals surface area (Å²) in [6, 6.07) is 4.34. The van der Waals surface area contributed by atoms with Crippen molar-refractivity contribution >= 4 is 12.0 Å². The number of hydrogen-bond acceptors (Lipinski definition) is 5. The fourth-order valence-electron chi connectivity index (χ4n) is 2.45. The number of aryl methyl sites for hydroxylation is 1. The van der Waals surface area contributed by atoms with Crippen LogP contribution in [-0.2, 0) is 14.3 Å². The molecule has 23 heavy (non-hydrogen) atoms. The number of unbranched alkanes of at least 4 members (excludes halogenated alkanes) is 1. The predicted molar refractivity (Wildman–Crippen MR) is 89.8 cm³/mol. The van der Waals surface area contributed by atoms with Gasteiger partial charge in [0.25, 0.3) is 0 Å². The molecule has 5 nitrogen and oxygen atoms in total. The molecule has 0 saturated carbocycles. The Hall–Kier alpha value is -1.72. The van der Waals surface area contributed by atoms with E-state index >= 15 is 0 Å². The Bertz CT molecular complexity index is 571. The van der Waals surface area contributed by atoms with Crippen molar-refractivity contribution in [3.05, 3.63) is 35.2 Å². The molecular weight excluding hydrogens is 292 g/mol. The highest BCUT2D eigenvalue weighted by Gasteiger charge is 2.31. The Labute approximate surface area is 138 Å². The van der Waals surface area contributed by atoms with Gasteiger partial charge in [0.05, 0.1) is 18.9 Å². The average molecular weight is 318 g/mol. The Morgan fingerprint density at radius 3 is 2.96 bits per heavy atom. The second-order valence-electron chi connectivity index (χ2n) is 5.98. The van der Waals surface area contributed by atoms with Crippen molar-refractivity contribution in [2.24, 2.45) is 0 Å². The molecule has 2 unspecified atom stereocenters. The normalized spacial score (nSPS) is 21.9. The maximum atomic E-state index is 11.7. The molecule has 1 saturated heterocycles. The third-order valence-corrected chi connectivity index (χ3v) is 4.04. The molecule has 1 aliphatic heterocycles. The molecule has 126 valence electrons. The number of ether oxygens (including phenoxy) is 2. The van der Waals surface area contributed by atoms with Crippen LogP contribution in [0.15, 0.2) is 18.2 Å². The molecule has 0 aromatic carbocycles. The Morgan fingerprint density at radius 2 is 2.30 bits per heavy atom. The first-order valence-electron chi connectivity index (χ1n) is 8.18. The zero-order valence-electron chi connectivity index (χ0n) is 14.4. The zero-order chi connectivity index (χ0) is 16.8. The van der Waals surface area contributed by atoms with E-state index in [0.29, 0.717) is 19.3 Å². The minimum atomic E-state index is -0.332. The van der Waals surface area contributed by atoms with Gasteiger partial charge in [-0.2, -0.15) is 0 Å². The van der Waals surface area contributed by atoms with Gasteiger partial charge in [-0.25, -0.2) is 4.79 Å². The Balaban J connectivity index is 2.14. The number of nitrogens with zero attached hydrogens (tertiary/aromatic N) is 2. The molecule has 2 atom stereocenters. The third-order valence-electron chi connectivity index (χ3n) is 4.04. The van der Waals surface area contributed by atoms with Crippen LogP contribution in [0.25, 0.3) is 6.08 Å². The van der Waals surface area contributed by atoms with Gasteiger partial charge < -0.3 is 9.47 Å². The summed E-state index contributed by atoms with van der Waals surface area (Å²) in [4.78, 5) is 18.5. The third kappa shape index (κ3) is 4.62. The highest BCUT2D eigenvalue weighted by Crippen LogP contribution is 2.31. The molecule has 0 N–H and O–H groups in total. The van der Waals surface area contributed by atoms with Crippen molar-refractivity contribution in [3.8, 4) is 0 Å². The van der Waals surface area contributed by atoms with Crippen LogP contribution >= 0.6 is 0 Å². The van der Waals surface area contributed by atoms with Crippen LogP contribution in [-0.4, -0.2) is 42.2 Å². The molecule has 2 rings (SSSR count). The second kappa shape index (κ2) is 8.22. The number of aromatic nitrogens is 1. The van der Waals surface area contributed by atoms with Crippen LogP contribution in [0.1, 0.15) is 49.9 Å². The minimum absolute atomic E-state index is 0.131. The van der Waals surface area contributed by atoms with E-state index in [1.807, 2.05) is 26.1 Å². The largest absolute Gasteiger partial charge is 0.463 e. The quantitative estimate of drug-likeness (QED) is 0.458. The van der Waals surface area contributed by atoms with Gasteiger partial charge in [0.2, 0.25) is 0 Å². The van der Waals surface area contributed by atoms with Crippen LogP contribution in [0, 0.1) is 6.92 Å². The number of likely N-dealkylation sites (N-methyl/N-ethyl adjacent to an activating group) is 1. The lowest BCUT2D eigenvalue weighted by atomic mass is 10.1. The standard InChI is InChI=1S/C18H26N2O3/c1-5-6-11-22-17(21)10-9-16-15(8-7-13(2)19-16)18-20(4)14(3)12-23-18/h7-10,14,18H,5-6,11-12H2,1-4H3/b10-9+. The molecule has 5 heteroatoms. The molecule has 0 spiro atoms. The van der Waals surface area contributed by atoms with Crippen molar-refractivity contribution in [1.29, 1.82) is 0 Å². The predicted octanol–water partition coefficient (Wildman–Crippen LogP) is 3.10. The van der Waals surface area contributed by atoms with Crippen molar-refractivity contribution in [2.75, 3.05) is 20.3 Å².